The van der Waals surface area contributed by atoms with Gasteiger partial charge in [-0.2, -0.15) is 0 Å². The van der Waals surface area contributed by atoms with Crippen molar-refractivity contribution in [1.29, 1.82) is 0 Å². The van der Waals surface area contributed by atoms with Crippen molar-refractivity contribution in [2.45, 2.75) is 19.8 Å². The number of amides is 3. The summed E-state index contributed by atoms with van der Waals surface area (Å²) in [5.74, 6) is 4.90. The van der Waals surface area contributed by atoms with Gasteiger partial charge in [0.25, 0.3) is 17.7 Å². The zero-order valence-electron chi connectivity index (χ0n) is 15.1. The van der Waals surface area contributed by atoms with Gasteiger partial charge in [0.15, 0.2) is 0 Å². The summed E-state index contributed by atoms with van der Waals surface area (Å²) in [6, 6.07) is 14.1. The molecule has 1 heterocycles. The molecular formula is C22H20N2O3. The van der Waals surface area contributed by atoms with E-state index in [9.17, 15) is 14.4 Å². The summed E-state index contributed by atoms with van der Waals surface area (Å²) in [4.78, 5) is 38.3. The van der Waals surface area contributed by atoms with Gasteiger partial charge in [-0.15, -0.1) is 0 Å². The highest BCUT2D eigenvalue weighted by atomic mass is 16.2. The number of imide groups is 1. The number of nitrogens with one attached hydrogen (secondary N) is 1. The van der Waals surface area contributed by atoms with E-state index in [4.69, 9.17) is 0 Å². The van der Waals surface area contributed by atoms with Gasteiger partial charge in [-0.25, -0.2) is 0 Å². The van der Waals surface area contributed by atoms with Crippen LogP contribution >= 0.6 is 0 Å². The molecule has 5 nitrogen and oxygen atoms in total. The topological polar surface area (TPSA) is 66.5 Å². The third-order valence-corrected chi connectivity index (χ3v) is 4.31. The Morgan fingerprint density at radius 3 is 2.52 bits per heavy atom. The van der Waals surface area contributed by atoms with Crippen molar-refractivity contribution in [3.05, 3.63) is 70.8 Å². The summed E-state index contributed by atoms with van der Waals surface area (Å²) in [6.07, 6.45) is 1.66. The van der Waals surface area contributed by atoms with Gasteiger partial charge in [0, 0.05) is 17.7 Å². The molecule has 0 saturated heterocycles. The van der Waals surface area contributed by atoms with Gasteiger partial charge in [0.1, 0.15) is 0 Å². The normalized spacial score (nSPS) is 12.4. The quantitative estimate of drug-likeness (QED) is 0.659. The minimum Gasteiger partial charge on any atom is -0.341 e. The van der Waals surface area contributed by atoms with E-state index in [0.29, 0.717) is 23.2 Å². The van der Waals surface area contributed by atoms with Crippen LogP contribution < -0.4 is 5.32 Å². The van der Waals surface area contributed by atoms with Crippen LogP contribution in [0.15, 0.2) is 48.5 Å². The van der Waals surface area contributed by atoms with Crippen LogP contribution in [0.5, 0.6) is 0 Å². The molecule has 0 saturated carbocycles. The first-order valence-electron chi connectivity index (χ1n) is 8.94. The van der Waals surface area contributed by atoms with E-state index in [1.165, 1.54) is 11.0 Å². The number of benzene rings is 2. The second kappa shape index (κ2) is 8.33. The Labute approximate surface area is 158 Å². The number of hydrogen-bond donors (Lipinski definition) is 1. The van der Waals surface area contributed by atoms with E-state index in [-0.39, 0.29) is 24.3 Å². The van der Waals surface area contributed by atoms with Crippen molar-refractivity contribution >= 4 is 17.7 Å². The molecule has 0 fully saturated rings. The Morgan fingerprint density at radius 1 is 1.04 bits per heavy atom. The van der Waals surface area contributed by atoms with E-state index in [2.05, 4.69) is 17.2 Å². The fraction of sp³-hybridized carbons (Fsp3) is 0.227. The largest absolute Gasteiger partial charge is 0.341 e. The lowest BCUT2D eigenvalue weighted by Crippen LogP contribution is -2.30. The van der Waals surface area contributed by atoms with Gasteiger partial charge in [-0.1, -0.05) is 43.4 Å². The van der Waals surface area contributed by atoms with E-state index in [1.54, 1.807) is 12.1 Å². The molecule has 3 rings (SSSR count). The predicted molar refractivity (Wildman–Crippen MR) is 102 cm³/mol. The van der Waals surface area contributed by atoms with Gasteiger partial charge in [-0.05, 0) is 36.8 Å². The Morgan fingerprint density at radius 2 is 1.78 bits per heavy atom. The molecule has 2 aromatic rings. The fourth-order valence-corrected chi connectivity index (χ4v) is 2.85. The molecule has 0 atom stereocenters. The van der Waals surface area contributed by atoms with Crippen molar-refractivity contribution in [3.8, 4) is 11.8 Å². The minimum atomic E-state index is -0.332. The van der Waals surface area contributed by atoms with Gasteiger partial charge >= 0.3 is 0 Å². The lowest BCUT2D eigenvalue weighted by atomic mass is 10.1. The summed E-state index contributed by atoms with van der Waals surface area (Å²) in [5, 5.41) is 2.71. The molecule has 0 aliphatic carbocycles. The van der Waals surface area contributed by atoms with Gasteiger partial charge in [-0.3, -0.25) is 19.3 Å². The third kappa shape index (κ3) is 4.06. The van der Waals surface area contributed by atoms with Crippen molar-refractivity contribution in [3.63, 3.8) is 0 Å². The van der Waals surface area contributed by atoms with E-state index >= 15 is 0 Å². The van der Waals surface area contributed by atoms with Crippen LogP contribution in [0.4, 0.5) is 0 Å². The van der Waals surface area contributed by atoms with Crippen molar-refractivity contribution < 1.29 is 14.4 Å². The van der Waals surface area contributed by atoms with Crippen LogP contribution in [-0.4, -0.2) is 35.7 Å². The Bertz CT molecular complexity index is 939. The summed E-state index contributed by atoms with van der Waals surface area (Å²) in [5.41, 5.74) is 1.87. The van der Waals surface area contributed by atoms with Crippen molar-refractivity contribution in [2.24, 2.45) is 0 Å². The summed E-state index contributed by atoms with van der Waals surface area (Å²) >= 11 is 0. The molecule has 3 amide bonds. The average Bonchev–Trinajstić information content (AvgIpc) is 2.94. The molecule has 1 aliphatic rings. The molecule has 0 unspecified atom stereocenters. The summed E-state index contributed by atoms with van der Waals surface area (Å²) in [6.45, 7) is 2.60. The second-order valence-electron chi connectivity index (χ2n) is 6.23. The number of rotatable bonds is 5. The molecule has 0 bridgehead atoms. The molecule has 1 N–H and O–H groups in total. The van der Waals surface area contributed by atoms with Gasteiger partial charge in [0.2, 0.25) is 0 Å². The van der Waals surface area contributed by atoms with E-state index in [0.717, 1.165) is 18.4 Å². The predicted octanol–water partition coefficient (Wildman–Crippen LogP) is 2.86. The van der Waals surface area contributed by atoms with E-state index in [1.807, 2.05) is 37.3 Å². The highest BCUT2D eigenvalue weighted by Gasteiger charge is 2.35. The van der Waals surface area contributed by atoms with E-state index < -0.39 is 0 Å². The van der Waals surface area contributed by atoms with Crippen molar-refractivity contribution in [1.82, 2.24) is 10.2 Å². The number of unbranched alkanes of at least 4 members (excludes halogenated alkanes) is 1. The molecule has 2 aromatic carbocycles. The molecule has 27 heavy (non-hydrogen) atoms. The van der Waals surface area contributed by atoms with Crippen molar-refractivity contribution in [2.75, 3.05) is 13.1 Å². The second-order valence-corrected chi connectivity index (χ2v) is 6.23. The summed E-state index contributed by atoms with van der Waals surface area (Å²) < 4.78 is 0. The van der Waals surface area contributed by atoms with Gasteiger partial charge < -0.3 is 5.32 Å². The maximum absolute atomic E-state index is 12.5. The van der Waals surface area contributed by atoms with Crippen LogP contribution in [0, 0.1) is 11.8 Å². The van der Waals surface area contributed by atoms with Crippen LogP contribution in [0.25, 0.3) is 0 Å². The highest BCUT2D eigenvalue weighted by Crippen LogP contribution is 2.24. The first-order valence-corrected chi connectivity index (χ1v) is 8.94. The Hall–Kier alpha value is -3.39. The number of hydrogen-bond acceptors (Lipinski definition) is 3. The first kappa shape index (κ1) is 18.4. The van der Waals surface area contributed by atoms with Gasteiger partial charge in [0.05, 0.1) is 17.7 Å². The maximum atomic E-state index is 12.5. The SMILES string of the molecule is CCCCN1C(=O)c2ccc(C(=O)NCC#Cc3ccccc3)cc2C1=O. The molecule has 0 aromatic heterocycles. The average molecular weight is 360 g/mol. The minimum absolute atomic E-state index is 0.195. The Kier molecular flexibility index (Phi) is 5.68. The highest BCUT2D eigenvalue weighted by molar-refractivity contribution is 6.22. The molecule has 136 valence electrons. The van der Waals surface area contributed by atoms with Crippen LogP contribution in [-0.2, 0) is 0 Å². The first-order chi connectivity index (χ1) is 13.1. The number of nitrogens with zero attached hydrogens (tertiary/aromatic N) is 1. The van der Waals surface area contributed by atoms with Crippen LogP contribution in [0.2, 0.25) is 0 Å². The zero-order chi connectivity index (χ0) is 19.2. The molecule has 5 heteroatoms. The number of carbonyl (C=O) groups is 3. The molecular weight excluding hydrogens is 340 g/mol. The lowest BCUT2D eigenvalue weighted by Gasteiger charge is -2.12. The number of carbonyl (C=O) groups excluding carboxylic acids is 3. The maximum Gasteiger partial charge on any atom is 0.261 e. The standard InChI is InChI=1S/C22H20N2O3/c1-2-3-14-24-21(26)18-12-11-17(15-19(18)22(24)27)20(25)23-13-7-10-16-8-5-4-6-9-16/h4-6,8-9,11-12,15H,2-3,13-14H2,1H3,(H,23,25). The molecule has 1 aliphatic heterocycles. The molecule has 0 radical (unpaired) electrons. The molecule has 0 spiro atoms. The Balaban J connectivity index is 1.66. The monoisotopic (exact) mass is 360 g/mol. The third-order valence-electron chi connectivity index (χ3n) is 4.31. The zero-order valence-corrected chi connectivity index (χ0v) is 15.1. The number of fused-ring (bicyclic) bond motifs is 1. The summed E-state index contributed by atoms with van der Waals surface area (Å²) in [7, 11) is 0. The fourth-order valence-electron chi connectivity index (χ4n) is 2.85. The van der Waals surface area contributed by atoms with Crippen LogP contribution in [0.1, 0.15) is 56.4 Å². The van der Waals surface area contributed by atoms with Crippen LogP contribution in [0.3, 0.4) is 0 Å². The smallest absolute Gasteiger partial charge is 0.261 e. The lowest BCUT2D eigenvalue weighted by molar-refractivity contribution is 0.0652.